The number of amides is 3. The molecule has 132 valence electrons. The van der Waals surface area contributed by atoms with E-state index in [0.717, 1.165) is 5.56 Å². The molecular weight excluding hydrogens is 322 g/mol. The lowest BCUT2D eigenvalue weighted by Gasteiger charge is -2.16. The van der Waals surface area contributed by atoms with Crippen LogP contribution in [0.15, 0.2) is 42.5 Å². The molecule has 0 aliphatic carbocycles. The van der Waals surface area contributed by atoms with Gasteiger partial charge in [0.05, 0.1) is 20.3 Å². The number of methoxy groups -OCH3 is 2. The first-order chi connectivity index (χ1) is 11.9. The van der Waals surface area contributed by atoms with Crippen LogP contribution in [-0.2, 0) is 0 Å². The second-order valence-electron chi connectivity index (χ2n) is 5.41. The fourth-order valence-corrected chi connectivity index (χ4v) is 2.30. The molecule has 0 aliphatic heterocycles. The Hall–Kier alpha value is -3.22. The van der Waals surface area contributed by atoms with E-state index in [9.17, 15) is 9.59 Å². The summed E-state index contributed by atoms with van der Waals surface area (Å²) in [4.78, 5) is 23.3. The fraction of sp³-hybridized carbons (Fsp3) is 0.222. The van der Waals surface area contributed by atoms with Crippen LogP contribution in [0.2, 0.25) is 0 Å². The lowest BCUT2D eigenvalue weighted by molar-refractivity contribution is 0.0939. The Kier molecular flexibility index (Phi) is 5.84. The summed E-state index contributed by atoms with van der Waals surface area (Å²) in [5.74, 6) is 0.835. The number of anilines is 1. The summed E-state index contributed by atoms with van der Waals surface area (Å²) < 4.78 is 10.4. The number of nitrogens with two attached hydrogens (primary N) is 1. The molecule has 7 nitrogen and oxygen atoms in total. The van der Waals surface area contributed by atoms with Gasteiger partial charge in [-0.15, -0.1) is 0 Å². The van der Waals surface area contributed by atoms with Crippen molar-refractivity contribution in [2.75, 3.05) is 19.5 Å². The van der Waals surface area contributed by atoms with E-state index in [-0.39, 0.29) is 11.9 Å². The van der Waals surface area contributed by atoms with Gasteiger partial charge in [-0.1, -0.05) is 12.1 Å². The average Bonchev–Trinajstić information content (AvgIpc) is 2.61. The number of hydrogen-bond donors (Lipinski definition) is 3. The van der Waals surface area contributed by atoms with Gasteiger partial charge < -0.3 is 25.8 Å². The lowest BCUT2D eigenvalue weighted by atomic mass is 10.1. The third-order valence-electron chi connectivity index (χ3n) is 3.64. The van der Waals surface area contributed by atoms with Gasteiger partial charge in [-0.2, -0.15) is 0 Å². The molecule has 0 saturated heterocycles. The standard InChI is InChI=1S/C18H21N3O4/c1-11(12-4-6-14(7-5-12)21-18(19)23)20-17(22)13-8-15(24-2)10-16(9-13)25-3/h4-11H,1-3H3,(H,20,22)(H3,19,21,23)/t11-/m0/s1. The number of carbonyl (C=O) groups is 2. The van der Waals surface area contributed by atoms with Gasteiger partial charge in [-0.3, -0.25) is 4.79 Å². The summed E-state index contributed by atoms with van der Waals surface area (Å²) in [6.45, 7) is 1.87. The van der Waals surface area contributed by atoms with Gasteiger partial charge >= 0.3 is 6.03 Å². The van der Waals surface area contributed by atoms with Crippen molar-refractivity contribution in [2.45, 2.75) is 13.0 Å². The van der Waals surface area contributed by atoms with Gasteiger partial charge in [0.15, 0.2) is 0 Å². The van der Waals surface area contributed by atoms with Gasteiger partial charge in [0.25, 0.3) is 5.91 Å². The molecule has 7 heteroatoms. The van der Waals surface area contributed by atoms with Crippen LogP contribution < -0.4 is 25.8 Å². The minimum absolute atomic E-state index is 0.229. The van der Waals surface area contributed by atoms with E-state index in [2.05, 4.69) is 10.6 Å². The van der Waals surface area contributed by atoms with Crippen LogP contribution in [0.4, 0.5) is 10.5 Å². The molecule has 1 atom stereocenters. The topological polar surface area (TPSA) is 103 Å². The summed E-state index contributed by atoms with van der Waals surface area (Å²) in [5.41, 5.74) is 6.99. The third-order valence-corrected chi connectivity index (χ3v) is 3.64. The van der Waals surface area contributed by atoms with Crippen LogP contribution in [-0.4, -0.2) is 26.2 Å². The van der Waals surface area contributed by atoms with Crippen LogP contribution in [0.25, 0.3) is 0 Å². The van der Waals surface area contributed by atoms with Crippen LogP contribution >= 0.6 is 0 Å². The van der Waals surface area contributed by atoms with Crippen molar-refractivity contribution in [2.24, 2.45) is 5.73 Å². The molecule has 3 amide bonds. The Bertz CT molecular complexity index is 737. The molecule has 2 aromatic carbocycles. The second-order valence-corrected chi connectivity index (χ2v) is 5.41. The highest BCUT2D eigenvalue weighted by Crippen LogP contribution is 2.23. The van der Waals surface area contributed by atoms with Crippen molar-refractivity contribution in [3.63, 3.8) is 0 Å². The SMILES string of the molecule is COc1cc(OC)cc(C(=O)N[C@@H](C)c2ccc(NC(N)=O)cc2)c1. The highest BCUT2D eigenvalue weighted by molar-refractivity contribution is 5.95. The monoisotopic (exact) mass is 343 g/mol. The van der Waals surface area contributed by atoms with E-state index in [1.165, 1.54) is 14.2 Å². The van der Waals surface area contributed by atoms with E-state index in [0.29, 0.717) is 22.7 Å². The fourth-order valence-electron chi connectivity index (χ4n) is 2.30. The largest absolute Gasteiger partial charge is 0.497 e. The summed E-state index contributed by atoms with van der Waals surface area (Å²) in [5, 5.41) is 5.40. The van der Waals surface area contributed by atoms with E-state index in [4.69, 9.17) is 15.2 Å². The average molecular weight is 343 g/mol. The van der Waals surface area contributed by atoms with Crippen LogP contribution in [0.3, 0.4) is 0 Å². The number of nitrogens with one attached hydrogen (secondary N) is 2. The molecular formula is C18H21N3O4. The van der Waals surface area contributed by atoms with Gasteiger partial charge in [0, 0.05) is 17.3 Å². The summed E-state index contributed by atoms with van der Waals surface area (Å²) in [6, 6.07) is 11.2. The minimum atomic E-state index is -0.624. The molecule has 0 unspecified atom stereocenters. The zero-order chi connectivity index (χ0) is 18.4. The Morgan fingerprint density at radius 3 is 2.04 bits per heavy atom. The highest BCUT2D eigenvalue weighted by atomic mass is 16.5. The second kappa shape index (κ2) is 8.05. The summed E-state index contributed by atoms with van der Waals surface area (Å²) in [7, 11) is 3.06. The maximum Gasteiger partial charge on any atom is 0.316 e. The maximum atomic E-state index is 12.5. The molecule has 2 aromatic rings. The molecule has 0 saturated carbocycles. The first kappa shape index (κ1) is 18.1. The number of ether oxygens (including phenoxy) is 2. The molecule has 0 fully saturated rings. The van der Waals surface area contributed by atoms with E-state index in [1.54, 1.807) is 30.3 Å². The van der Waals surface area contributed by atoms with Gasteiger partial charge in [0.2, 0.25) is 0 Å². The minimum Gasteiger partial charge on any atom is -0.497 e. The number of benzene rings is 2. The van der Waals surface area contributed by atoms with Gasteiger partial charge in [-0.05, 0) is 36.8 Å². The Morgan fingerprint density at radius 2 is 1.56 bits per heavy atom. The maximum absolute atomic E-state index is 12.5. The molecule has 0 spiro atoms. The molecule has 0 heterocycles. The van der Waals surface area contributed by atoms with Gasteiger partial charge in [0.1, 0.15) is 11.5 Å². The molecule has 0 radical (unpaired) electrons. The van der Waals surface area contributed by atoms with Crippen molar-refractivity contribution >= 4 is 17.6 Å². The first-order valence-electron chi connectivity index (χ1n) is 7.63. The van der Waals surface area contributed by atoms with E-state index in [1.807, 2.05) is 19.1 Å². The Morgan fingerprint density at radius 1 is 1.00 bits per heavy atom. The quantitative estimate of drug-likeness (QED) is 0.750. The van der Waals surface area contributed by atoms with Crippen molar-refractivity contribution in [3.8, 4) is 11.5 Å². The molecule has 0 aliphatic rings. The predicted octanol–water partition coefficient (Wildman–Crippen LogP) is 2.69. The van der Waals surface area contributed by atoms with Crippen molar-refractivity contribution < 1.29 is 19.1 Å². The zero-order valence-corrected chi connectivity index (χ0v) is 14.3. The lowest BCUT2D eigenvalue weighted by Crippen LogP contribution is -2.26. The van der Waals surface area contributed by atoms with Crippen molar-refractivity contribution in [1.82, 2.24) is 5.32 Å². The smallest absolute Gasteiger partial charge is 0.316 e. The Balaban J connectivity index is 2.10. The molecule has 0 bridgehead atoms. The number of urea groups is 1. The first-order valence-corrected chi connectivity index (χ1v) is 7.63. The highest BCUT2D eigenvalue weighted by Gasteiger charge is 2.14. The zero-order valence-electron chi connectivity index (χ0n) is 14.3. The van der Waals surface area contributed by atoms with Crippen LogP contribution in [0.5, 0.6) is 11.5 Å². The van der Waals surface area contributed by atoms with Crippen molar-refractivity contribution in [3.05, 3.63) is 53.6 Å². The Labute approximate surface area is 146 Å². The number of hydrogen-bond acceptors (Lipinski definition) is 4. The van der Waals surface area contributed by atoms with Crippen molar-refractivity contribution in [1.29, 1.82) is 0 Å². The molecule has 25 heavy (non-hydrogen) atoms. The summed E-state index contributed by atoms with van der Waals surface area (Å²) >= 11 is 0. The number of primary amides is 1. The van der Waals surface area contributed by atoms with Crippen LogP contribution in [0, 0.1) is 0 Å². The number of carbonyl (C=O) groups excluding carboxylic acids is 2. The summed E-state index contributed by atoms with van der Waals surface area (Å²) in [6.07, 6.45) is 0. The van der Waals surface area contributed by atoms with E-state index < -0.39 is 6.03 Å². The van der Waals surface area contributed by atoms with Gasteiger partial charge in [-0.25, -0.2) is 4.79 Å². The third kappa shape index (κ3) is 4.87. The van der Waals surface area contributed by atoms with Crippen LogP contribution in [0.1, 0.15) is 28.9 Å². The molecule has 4 N–H and O–H groups in total. The van der Waals surface area contributed by atoms with E-state index >= 15 is 0 Å². The predicted molar refractivity (Wildman–Crippen MR) is 95.1 cm³/mol. The molecule has 0 aromatic heterocycles. The molecule has 2 rings (SSSR count). The normalized spacial score (nSPS) is 11.3. The number of rotatable bonds is 6.